The monoisotopic (exact) mass is 1470 g/mol. The molecule has 0 aliphatic carbocycles. The van der Waals surface area contributed by atoms with Gasteiger partial charge in [0, 0.05) is 122 Å². The molecule has 19 nitrogen and oxygen atoms in total. The molecule has 11 aromatic heterocycles. The minimum absolute atomic E-state index is 0.0837. The highest BCUT2D eigenvalue weighted by atomic mass is 16.4. The van der Waals surface area contributed by atoms with Crippen LogP contribution in [0.5, 0.6) is 0 Å². The smallest absolute Gasteiger partial charge is 0.227 e. The minimum atomic E-state index is -2.52. The van der Waals surface area contributed by atoms with Crippen LogP contribution in [0.1, 0.15) is 131 Å². The second-order valence-corrected chi connectivity index (χ2v) is 29.2. The second kappa shape index (κ2) is 27.2. The van der Waals surface area contributed by atoms with Crippen LogP contribution < -0.4 is 39.2 Å². The molecule has 0 fully saturated rings. The summed E-state index contributed by atoms with van der Waals surface area (Å²) in [6, 6.07) is 46.7. The molecular weight excluding hydrogens is 1370 g/mol. The first kappa shape index (κ1) is 57.9. The van der Waals surface area contributed by atoms with E-state index >= 15 is 0 Å². The molecule has 0 amide bonds. The molecule has 0 bridgehead atoms. The molecule has 0 saturated carbocycles. The van der Waals surface area contributed by atoms with Crippen LogP contribution in [-0.4, -0.2) is 84.6 Å². The maximum absolute atomic E-state index is 8.82. The zero-order chi connectivity index (χ0) is 87.0. The average Bonchev–Trinajstić information content (AvgIpc) is 1.57. The Hall–Kier alpha value is -12.3. The maximum atomic E-state index is 8.82. The lowest BCUT2D eigenvalue weighted by atomic mass is 10.1. The van der Waals surface area contributed by atoms with E-state index in [1.54, 1.807) is 46.6 Å². The highest BCUT2D eigenvalue weighted by molar-refractivity contribution is 6.14. The van der Waals surface area contributed by atoms with Gasteiger partial charge in [0.1, 0.15) is 24.7 Å². The normalized spacial score (nSPS) is 19.7. The minimum Gasteiger partial charge on any atom is -0.435 e. The van der Waals surface area contributed by atoms with Gasteiger partial charge in [0.2, 0.25) is 22.9 Å². The third-order valence-corrected chi connectivity index (χ3v) is 21.6. The molecule has 556 valence electrons. The standard InChI is InChI=1S/C24H25N3O.2C23H24N4O.C21H20N4O/c1-14(2)26-17(5)27(21-9-7-6-8-20(21)26)22-15(3)10-12-18-19-13-11-16(4)25-24(19)28-23(18)22;2*1-13(2)26-16(5)27(22-19(26)7-6-12-24-22)20-14(3)8-10-17-18-11-9-15(4)25-23(18)28-21(17)20;1-12-7-9-15-16-10-8-13(2)23-21(16)26-19(15)18(12)25-14(3)24(4)17-6-5-11-22-20(17)25/h6-14,17H,1-5H3;2*6-13,16H,1-5H3;5-11,14H,1-4H3/i1D3,14D;1D3,13D;13D;4D3. The molecule has 20 rings (SSSR count). The fraction of sp³-hybridized carbons (Fsp3) is 0.286. The van der Waals surface area contributed by atoms with Crippen LogP contribution in [0.25, 0.3) is 88.3 Å². The fourth-order valence-electron chi connectivity index (χ4n) is 16.7. The quantitative estimate of drug-likeness (QED) is 0.148. The van der Waals surface area contributed by atoms with Crippen molar-refractivity contribution in [2.75, 3.05) is 46.2 Å². The van der Waals surface area contributed by atoms with E-state index in [2.05, 4.69) is 76.7 Å². The third-order valence-electron chi connectivity index (χ3n) is 21.6. The summed E-state index contributed by atoms with van der Waals surface area (Å²) >= 11 is 0. The van der Waals surface area contributed by atoms with Gasteiger partial charge in [-0.05, 0) is 244 Å². The lowest BCUT2D eigenvalue weighted by Crippen LogP contribution is -2.42. The number of benzene rings is 5. The Morgan fingerprint density at radius 1 is 0.318 bits per heavy atom. The molecule has 110 heavy (non-hydrogen) atoms. The summed E-state index contributed by atoms with van der Waals surface area (Å²) in [7, 11) is 0. The number of hydrogen-bond acceptors (Lipinski definition) is 19. The van der Waals surface area contributed by atoms with Crippen molar-refractivity contribution in [3.05, 3.63) is 221 Å². The molecule has 0 spiro atoms. The summed E-state index contributed by atoms with van der Waals surface area (Å²) in [6.45, 7) is 23.0. The molecule has 4 aliphatic heterocycles. The Bertz CT molecular complexity index is 6460. The lowest BCUT2D eigenvalue weighted by molar-refractivity contribution is 0.601. The van der Waals surface area contributed by atoms with Gasteiger partial charge in [-0.2, -0.15) is 0 Å². The van der Waals surface area contributed by atoms with Gasteiger partial charge in [-0.1, -0.05) is 60.7 Å². The number of aryl methyl sites for hydroxylation is 8. The molecule has 4 aliphatic rings. The summed E-state index contributed by atoms with van der Waals surface area (Å²) in [5.41, 5.74) is 20.0. The highest BCUT2D eigenvalue weighted by Crippen LogP contribution is 2.53. The van der Waals surface area contributed by atoms with Crippen molar-refractivity contribution in [2.45, 2.75) is 167 Å². The Kier molecular flexibility index (Phi) is 14.3. The van der Waals surface area contributed by atoms with Gasteiger partial charge < -0.3 is 56.9 Å². The summed E-state index contributed by atoms with van der Waals surface area (Å²) < 4.78 is 124. The van der Waals surface area contributed by atoms with E-state index in [1.165, 1.54) is 18.7 Å². The number of rotatable bonds is 7. The Morgan fingerprint density at radius 2 is 0.609 bits per heavy atom. The molecule has 0 N–H and O–H groups in total. The summed E-state index contributed by atoms with van der Waals surface area (Å²) in [6.07, 6.45) is 3.73. The van der Waals surface area contributed by atoms with Gasteiger partial charge in [0.15, 0.2) is 39.8 Å². The SMILES string of the molecule is [2H]C(C)(C)N1c2cccnc2N(c2c(C)ccc3c2oc2nc(C)ccc23)C1C.[2H]C([2H])([2H])C([2H])(C)N1c2ccccc2N(c2c(C)ccc3c2oc2nc(C)ccc23)C1C.[2H]C([2H])([2H])C([2H])(C)N1c2cccnc2N(c2c(C)ccc3c2oc2nc(C)ccc23)C1C.[2H]C([2H])([2H])N1c2cccnc2N(c2c(C)ccc3c2oc2nc(C)ccc23)C1C. The van der Waals surface area contributed by atoms with Gasteiger partial charge >= 0.3 is 0 Å². The maximum Gasteiger partial charge on any atom is 0.227 e. The molecule has 0 radical (unpaired) electrons. The van der Waals surface area contributed by atoms with E-state index in [0.717, 1.165) is 139 Å². The van der Waals surface area contributed by atoms with Crippen LogP contribution in [0.3, 0.4) is 0 Å². The van der Waals surface area contributed by atoms with Gasteiger partial charge in [0.25, 0.3) is 0 Å². The van der Waals surface area contributed by atoms with Crippen molar-refractivity contribution < 1.29 is 34.1 Å². The zero-order valence-electron chi connectivity index (χ0n) is 76.4. The van der Waals surface area contributed by atoms with Crippen molar-refractivity contribution in [3.8, 4) is 0 Å². The predicted molar refractivity (Wildman–Crippen MR) is 451 cm³/mol. The number of nitrogens with zero attached hydrogens (tertiary/aromatic N) is 15. The predicted octanol–water partition coefficient (Wildman–Crippen LogP) is 22.6. The third kappa shape index (κ3) is 11.3. The molecule has 6 unspecified atom stereocenters. The van der Waals surface area contributed by atoms with Crippen LogP contribution in [0.15, 0.2) is 194 Å². The summed E-state index contributed by atoms with van der Waals surface area (Å²) in [5.74, 6) is 2.06. The number of pyridine rings is 7. The van der Waals surface area contributed by atoms with E-state index in [4.69, 9.17) is 39.1 Å². The van der Waals surface area contributed by atoms with E-state index < -0.39 is 57.2 Å². The first-order valence-electron chi connectivity index (χ1n) is 43.0. The Labute approximate surface area is 657 Å². The second-order valence-electron chi connectivity index (χ2n) is 29.2. The summed E-state index contributed by atoms with van der Waals surface area (Å²) in [4.78, 5) is 47.0. The van der Waals surface area contributed by atoms with Crippen molar-refractivity contribution in [1.29, 1.82) is 0 Å². The number of hydrogen-bond donors (Lipinski definition) is 0. The number of aromatic nitrogens is 7. The molecular formula is C91H93N15O4. The number of fused-ring (bicyclic) bond motifs is 16. The van der Waals surface area contributed by atoms with Crippen LogP contribution in [0.2, 0.25) is 0 Å². The zero-order valence-corrected chi connectivity index (χ0v) is 64.4. The van der Waals surface area contributed by atoms with Crippen molar-refractivity contribution in [1.82, 2.24) is 34.9 Å². The van der Waals surface area contributed by atoms with E-state index in [1.807, 2.05) is 214 Å². The number of anilines is 12. The lowest BCUT2D eigenvalue weighted by Gasteiger charge is -2.33. The molecule has 0 saturated heterocycles. The first-order valence-corrected chi connectivity index (χ1v) is 37.0. The van der Waals surface area contributed by atoms with E-state index in [-0.39, 0.29) is 6.17 Å². The van der Waals surface area contributed by atoms with E-state index in [0.29, 0.717) is 62.6 Å². The average molecular weight is 1470 g/mol. The van der Waals surface area contributed by atoms with Gasteiger partial charge in [-0.3, -0.25) is 0 Å². The van der Waals surface area contributed by atoms with Crippen molar-refractivity contribution >= 4 is 157 Å². The highest BCUT2D eigenvalue weighted by Gasteiger charge is 2.42. The van der Waals surface area contributed by atoms with Crippen molar-refractivity contribution in [2.24, 2.45) is 0 Å². The fourth-order valence-corrected chi connectivity index (χ4v) is 16.7. The molecule has 6 atom stereocenters. The van der Waals surface area contributed by atoms with Gasteiger partial charge in [-0.15, -0.1) is 0 Å². The Balaban J connectivity index is 0.000000116. The van der Waals surface area contributed by atoms with Gasteiger partial charge in [0.05, 0.1) is 55.3 Å². The van der Waals surface area contributed by atoms with Gasteiger partial charge in [-0.25, -0.2) is 34.9 Å². The van der Waals surface area contributed by atoms with Crippen LogP contribution in [-0.2, 0) is 0 Å². The van der Waals surface area contributed by atoms with Crippen LogP contribution in [0.4, 0.5) is 68.6 Å². The topological polar surface area (TPSA) is 169 Å². The largest absolute Gasteiger partial charge is 0.435 e. The molecule has 5 aromatic carbocycles. The van der Waals surface area contributed by atoms with E-state index in [9.17, 15) is 0 Å². The molecule has 15 heterocycles. The first-order chi connectivity index (χ1) is 57.6. The summed E-state index contributed by atoms with van der Waals surface area (Å²) in [5, 5.41) is 7.69. The molecule has 19 heteroatoms. The number of para-hydroxylation sites is 2. The van der Waals surface area contributed by atoms with Crippen LogP contribution in [0, 0.1) is 55.4 Å². The Morgan fingerprint density at radius 3 is 0.964 bits per heavy atom. The molecule has 16 aromatic rings. The number of furan rings is 4. The van der Waals surface area contributed by atoms with Crippen LogP contribution >= 0.6 is 0 Å². The van der Waals surface area contributed by atoms with Crippen molar-refractivity contribution in [3.63, 3.8) is 0 Å².